The van der Waals surface area contributed by atoms with Crippen LogP contribution < -0.4 is 10.2 Å². The van der Waals surface area contributed by atoms with Gasteiger partial charge in [-0.25, -0.2) is 4.68 Å². The number of aromatic nitrogens is 2. The van der Waals surface area contributed by atoms with Crippen LogP contribution in [0.3, 0.4) is 0 Å². The van der Waals surface area contributed by atoms with E-state index in [2.05, 4.69) is 17.3 Å². The van der Waals surface area contributed by atoms with Gasteiger partial charge >= 0.3 is 0 Å². The van der Waals surface area contributed by atoms with Crippen molar-refractivity contribution in [3.05, 3.63) is 11.8 Å². The molecule has 0 saturated heterocycles. The predicted octanol–water partition coefficient (Wildman–Crippen LogP) is 3.43. The molecule has 29 heavy (non-hydrogen) atoms. The summed E-state index contributed by atoms with van der Waals surface area (Å²) in [5.74, 6) is 3.86. The third-order valence-electron chi connectivity index (χ3n) is 8.16. The van der Waals surface area contributed by atoms with Crippen LogP contribution in [-0.4, -0.2) is 34.2 Å². The second kappa shape index (κ2) is 7.13. The van der Waals surface area contributed by atoms with E-state index in [0.29, 0.717) is 37.8 Å². The minimum Gasteiger partial charge on any atom is -0.353 e. The predicted molar refractivity (Wildman–Crippen MR) is 111 cm³/mol. The molecular weight excluding hydrogens is 364 g/mol. The first kappa shape index (κ1) is 19.1. The lowest BCUT2D eigenvalue weighted by atomic mass is 9.48. The molecule has 4 aliphatic carbocycles. The van der Waals surface area contributed by atoms with Gasteiger partial charge in [0.2, 0.25) is 11.8 Å². The van der Waals surface area contributed by atoms with E-state index in [1.165, 1.54) is 38.5 Å². The third-order valence-corrected chi connectivity index (χ3v) is 8.16. The summed E-state index contributed by atoms with van der Waals surface area (Å²) in [5.41, 5.74) is 1.28. The maximum Gasteiger partial charge on any atom is 0.229 e. The highest BCUT2D eigenvalue weighted by Gasteiger charge is 2.53. The van der Waals surface area contributed by atoms with Crippen molar-refractivity contribution in [1.82, 2.24) is 15.1 Å². The van der Waals surface area contributed by atoms with Gasteiger partial charge in [-0.1, -0.05) is 0 Å². The van der Waals surface area contributed by atoms with Crippen molar-refractivity contribution in [2.75, 3.05) is 11.4 Å². The number of aryl methyl sites for hydroxylation is 2. The summed E-state index contributed by atoms with van der Waals surface area (Å²) in [4.78, 5) is 26.9. The molecule has 1 atom stereocenters. The van der Waals surface area contributed by atoms with Crippen LogP contribution >= 0.6 is 0 Å². The lowest BCUT2D eigenvalue weighted by Gasteiger charge is -2.59. The fraction of sp³-hybridized carbons (Fsp3) is 0.783. The smallest absolute Gasteiger partial charge is 0.229 e. The Morgan fingerprint density at radius 1 is 1.24 bits per heavy atom. The van der Waals surface area contributed by atoms with E-state index in [0.717, 1.165) is 29.3 Å². The quantitative estimate of drug-likeness (QED) is 0.798. The molecule has 2 heterocycles. The second-order valence-corrected chi connectivity index (χ2v) is 10.3. The van der Waals surface area contributed by atoms with E-state index in [1.54, 1.807) is 4.90 Å². The number of fused-ring (bicyclic) bond motifs is 1. The zero-order valence-corrected chi connectivity index (χ0v) is 17.8. The van der Waals surface area contributed by atoms with Crippen LogP contribution in [0.4, 0.5) is 5.82 Å². The average Bonchev–Trinajstić information content (AvgIpc) is 3.03. The fourth-order valence-electron chi connectivity index (χ4n) is 7.19. The number of amides is 2. The Bertz CT molecular complexity index is 779. The SMILES string of the molecule is Cc1cc2n(n1)CCC(=O)N2CCCC(=O)N[C@@H](C)C12CC3CC(CC(C3)C1)C2. The van der Waals surface area contributed by atoms with Crippen LogP contribution in [0.25, 0.3) is 0 Å². The highest BCUT2D eigenvalue weighted by Crippen LogP contribution is 2.61. The van der Waals surface area contributed by atoms with Crippen LogP contribution in [0.5, 0.6) is 0 Å². The Kier molecular flexibility index (Phi) is 4.71. The number of rotatable bonds is 6. The molecule has 5 aliphatic rings. The largest absolute Gasteiger partial charge is 0.353 e. The Hall–Kier alpha value is -1.85. The molecule has 4 fully saturated rings. The van der Waals surface area contributed by atoms with Gasteiger partial charge in [0.15, 0.2) is 0 Å². The van der Waals surface area contributed by atoms with E-state index in [-0.39, 0.29) is 17.9 Å². The number of carbonyl (C=O) groups excluding carboxylic acids is 2. The van der Waals surface area contributed by atoms with E-state index >= 15 is 0 Å². The first-order valence-electron chi connectivity index (χ1n) is 11.6. The zero-order chi connectivity index (χ0) is 20.2. The number of anilines is 1. The number of nitrogens with one attached hydrogen (secondary N) is 1. The van der Waals surface area contributed by atoms with Crippen molar-refractivity contribution in [1.29, 1.82) is 0 Å². The molecule has 6 heteroatoms. The lowest BCUT2D eigenvalue weighted by molar-refractivity contribution is -0.126. The summed E-state index contributed by atoms with van der Waals surface area (Å²) in [5, 5.41) is 7.80. The molecule has 0 radical (unpaired) electrons. The molecule has 1 aromatic rings. The fourth-order valence-corrected chi connectivity index (χ4v) is 7.19. The third kappa shape index (κ3) is 3.49. The molecule has 6 rings (SSSR count). The number of nitrogens with zero attached hydrogens (tertiary/aromatic N) is 3. The highest BCUT2D eigenvalue weighted by molar-refractivity contribution is 5.93. The van der Waals surface area contributed by atoms with Gasteiger partial charge in [0.05, 0.1) is 12.2 Å². The van der Waals surface area contributed by atoms with Crippen LogP contribution in [0.15, 0.2) is 6.07 Å². The van der Waals surface area contributed by atoms with Gasteiger partial charge in [-0.2, -0.15) is 5.10 Å². The average molecular weight is 399 g/mol. The van der Waals surface area contributed by atoms with Gasteiger partial charge in [-0.3, -0.25) is 14.5 Å². The molecular formula is C23H34N4O2. The van der Waals surface area contributed by atoms with Gasteiger partial charge < -0.3 is 5.32 Å². The Morgan fingerprint density at radius 3 is 2.55 bits per heavy atom. The standard InChI is InChI=1S/C23H34N4O2/c1-15-8-21-26(22(29)5-7-27(21)25-15)6-3-4-20(28)24-16(2)23-12-17-9-18(13-23)11-19(10-17)14-23/h8,16-19H,3-7,9-14H2,1-2H3,(H,24,28)/t16-,17?,18?,19?,23?/m0/s1. The summed E-state index contributed by atoms with van der Waals surface area (Å²) in [6, 6.07) is 2.23. The van der Waals surface area contributed by atoms with E-state index in [4.69, 9.17) is 0 Å². The van der Waals surface area contributed by atoms with E-state index in [9.17, 15) is 9.59 Å². The molecule has 4 saturated carbocycles. The molecule has 1 N–H and O–H groups in total. The van der Waals surface area contributed by atoms with Gasteiger partial charge in [0.25, 0.3) is 0 Å². The first-order chi connectivity index (χ1) is 13.9. The van der Waals surface area contributed by atoms with Gasteiger partial charge in [-0.05, 0) is 82.0 Å². The van der Waals surface area contributed by atoms with Crippen molar-refractivity contribution in [3.63, 3.8) is 0 Å². The molecule has 2 amide bonds. The summed E-state index contributed by atoms with van der Waals surface area (Å²) in [7, 11) is 0. The van der Waals surface area contributed by atoms with E-state index < -0.39 is 0 Å². The number of hydrogen-bond donors (Lipinski definition) is 1. The minimum absolute atomic E-state index is 0.139. The summed E-state index contributed by atoms with van der Waals surface area (Å²) >= 11 is 0. The molecule has 0 spiro atoms. The van der Waals surface area contributed by atoms with Crippen molar-refractivity contribution in [2.24, 2.45) is 23.2 Å². The van der Waals surface area contributed by atoms with Crippen LogP contribution in [0.1, 0.15) is 70.4 Å². The zero-order valence-electron chi connectivity index (χ0n) is 17.8. The van der Waals surface area contributed by atoms with Gasteiger partial charge in [0.1, 0.15) is 5.82 Å². The molecule has 158 valence electrons. The second-order valence-electron chi connectivity index (χ2n) is 10.3. The molecule has 1 aromatic heterocycles. The summed E-state index contributed by atoms with van der Waals surface area (Å²) in [6.07, 6.45) is 9.89. The summed E-state index contributed by atoms with van der Waals surface area (Å²) in [6.45, 7) is 5.43. The number of carbonyl (C=O) groups is 2. The maximum atomic E-state index is 12.7. The molecule has 0 aromatic carbocycles. The van der Waals surface area contributed by atoms with Crippen LogP contribution in [-0.2, 0) is 16.1 Å². The van der Waals surface area contributed by atoms with Crippen molar-refractivity contribution < 1.29 is 9.59 Å². The van der Waals surface area contributed by atoms with Crippen LogP contribution in [0.2, 0.25) is 0 Å². The molecule has 0 unspecified atom stereocenters. The Labute approximate surface area is 173 Å². The monoisotopic (exact) mass is 398 g/mol. The van der Waals surface area contributed by atoms with Crippen LogP contribution in [0, 0.1) is 30.1 Å². The molecule has 4 bridgehead atoms. The van der Waals surface area contributed by atoms with Gasteiger partial charge in [-0.15, -0.1) is 0 Å². The van der Waals surface area contributed by atoms with Gasteiger partial charge in [0, 0.05) is 31.5 Å². The normalized spacial score (nSPS) is 33.7. The van der Waals surface area contributed by atoms with Crippen molar-refractivity contribution in [2.45, 2.75) is 84.2 Å². The Balaban J connectivity index is 1.15. The molecule has 1 aliphatic heterocycles. The highest BCUT2D eigenvalue weighted by atomic mass is 16.2. The first-order valence-corrected chi connectivity index (χ1v) is 11.6. The summed E-state index contributed by atoms with van der Waals surface area (Å²) < 4.78 is 1.91. The van der Waals surface area contributed by atoms with Crippen molar-refractivity contribution >= 4 is 17.6 Å². The minimum atomic E-state index is 0.139. The molecule has 6 nitrogen and oxygen atoms in total. The van der Waals surface area contributed by atoms with Crippen molar-refractivity contribution in [3.8, 4) is 0 Å². The maximum absolute atomic E-state index is 12.7. The lowest BCUT2D eigenvalue weighted by Crippen LogP contribution is -2.55. The Morgan fingerprint density at radius 2 is 1.90 bits per heavy atom. The number of hydrogen-bond acceptors (Lipinski definition) is 3. The topological polar surface area (TPSA) is 67.2 Å². The van der Waals surface area contributed by atoms with E-state index in [1.807, 2.05) is 17.7 Å².